The van der Waals surface area contributed by atoms with Crippen molar-refractivity contribution in [1.82, 2.24) is 19.4 Å². The summed E-state index contributed by atoms with van der Waals surface area (Å²) in [6.45, 7) is 9.50. The molecule has 4 aromatic rings. The van der Waals surface area contributed by atoms with Gasteiger partial charge in [0.15, 0.2) is 0 Å². The smallest absolute Gasteiger partial charge is 0.0783 e. The average Bonchev–Trinajstić information content (AvgIpc) is 3.49. The van der Waals surface area contributed by atoms with Crippen molar-refractivity contribution in [2.45, 2.75) is 52.0 Å². The van der Waals surface area contributed by atoms with Crippen molar-refractivity contribution in [3.05, 3.63) is 82.7 Å². The molecule has 38 heavy (non-hydrogen) atoms. The maximum Gasteiger partial charge on any atom is 0.0783 e. The highest BCUT2D eigenvalue weighted by Gasteiger charge is 2.52. The van der Waals surface area contributed by atoms with Crippen molar-refractivity contribution in [2.24, 2.45) is 11.3 Å². The van der Waals surface area contributed by atoms with Gasteiger partial charge >= 0.3 is 0 Å². The summed E-state index contributed by atoms with van der Waals surface area (Å²) in [6.07, 6.45) is 5.92. The van der Waals surface area contributed by atoms with E-state index in [0.717, 1.165) is 32.4 Å². The number of para-hydroxylation sites is 2. The third-order valence-corrected chi connectivity index (χ3v) is 9.24. The molecule has 3 heterocycles. The van der Waals surface area contributed by atoms with E-state index in [0.29, 0.717) is 11.8 Å². The first-order valence-corrected chi connectivity index (χ1v) is 14.4. The molecule has 0 fully saturated rings. The van der Waals surface area contributed by atoms with E-state index in [1.807, 2.05) is 0 Å². The SMILES string of the molecule is CC1=C[C@@H]2c3c(CCN(C)C)c4ccccc4n3[C@@H](c3[nH]c4ccccc4c3CCN(C)C)[C@@H]2C(C)(C)C1. The number of likely N-dealkylation sites (N-methyl/N-ethyl adjacent to an activating group) is 2. The standard InChI is InChI=1S/C34H44N4/c1-22-20-27-30(34(2,3)21-22)33(31-25(16-18-36(4)5)23-12-8-10-14-28(23)35-31)38-29-15-11-9-13-24(29)26(32(27)38)17-19-37(6)7/h8-15,20,27,30,33,35H,16-19,21H2,1-7H3/t27-,30+,33+/m0/s1. The van der Waals surface area contributed by atoms with Gasteiger partial charge in [0.1, 0.15) is 0 Å². The van der Waals surface area contributed by atoms with E-state index < -0.39 is 0 Å². The van der Waals surface area contributed by atoms with Crippen molar-refractivity contribution in [2.75, 3.05) is 41.3 Å². The fraction of sp³-hybridized carbons (Fsp3) is 0.471. The van der Waals surface area contributed by atoms with Crippen LogP contribution in [0.2, 0.25) is 0 Å². The Labute approximate surface area is 228 Å². The number of nitrogens with zero attached hydrogens (tertiary/aromatic N) is 3. The Kier molecular flexibility index (Phi) is 6.32. The van der Waals surface area contributed by atoms with Crippen LogP contribution in [0.25, 0.3) is 21.8 Å². The highest BCUT2D eigenvalue weighted by Crippen LogP contribution is 2.61. The number of hydrogen-bond acceptors (Lipinski definition) is 2. The first-order valence-electron chi connectivity index (χ1n) is 14.4. The summed E-state index contributed by atoms with van der Waals surface area (Å²) >= 11 is 0. The largest absolute Gasteiger partial charge is 0.356 e. The topological polar surface area (TPSA) is 27.2 Å². The molecule has 1 N–H and O–H groups in total. The van der Waals surface area contributed by atoms with Crippen LogP contribution in [0.3, 0.4) is 0 Å². The molecular formula is C34H44N4. The molecule has 200 valence electrons. The maximum atomic E-state index is 4.01. The Bertz CT molecular complexity index is 1510. The minimum absolute atomic E-state index is 0.198. The second-order valence-corrected chi connectivity index (χ2v) is 13.1. The third kappa shape index (κ3) is 4.04. The molecular weight excluding hydrogens is 464 g/mol. The van der Waals surface area contributed by atoms with Gasteiger partial charge in [-0.1, -0.05) is 61.9 Å². The van der Waals surface area contributed by atoms with Gasteiger partial charge in [-0.3, -0.25) is 0 Å². The molecule has 0 amide bonds. The van der Waals surface area contributed by atoms with E-state index >= 15 is 0 Å². The van der Waals surface area contributed by atoms with Crippen molar-refractivity contribution in [3.8, 4) is 0 Å². The van der Waals surface area contributed by atoms with Crippen molar-refractivity contribution >= 4 is 21.8 Å². The summed E-state index contributed by atoms with van der Waals surface area (Å²) in [6, 6.07) is 18.4. The van der Waals surface area contributed by atoms with E-state index in [9.17, 15) is 0 Å². The van der Waals surface area contributed by atoms with E-state index in [1.165, 1.54) is 38.6 Å². The molecule has 3 atom stereocenters. The number of nitrogens with one attached hydrogen (secondary N) is 1. The van der Waals surface area contributed by atoms with Gasteiger partial charge in [0.2, 0.25) is 0 Å². The van der Waals surface area contributed by atoms with Gasteiger partial charge in [0.05, 0.1) is 6.04 Å². The fourth-order valence-corrected chi connectivity index (χ4v) is 7.82. The molecule has 0 bridgehead atoms. The Morgan fingerprint density at radius 3 is 2.21 bits per heavy atom. The molecule has 0 spiro atoms. The number of hydrogen-bond donors (Lipinski definition) is 1. The summed E-state index contributed by atoms with van der Waals surface area (Å²) in [5.41, 5.74) is 10.5. The second kappa shape index (κ2) is 9.43. The lowest BCUT2D eigenvalue weighted by atomic mass is 9.62. The van der Waals surface area contributed by atoms with Gasteiger partial charge in [-0.25, -0.2) is 0 Å². The molecule has 2 aromatic carbocycles. The second-order valence-electron chi connectivity index (χ2n) is 13.1. The predicted octanol–water partition coefficient (Wildman–Crippen LogP) is 7.01. The van der Waals surface area contributed by atoms with Crippen LogP contribution in [0.1, 0.15) is 61.7 Å². The normalized spacial score (nSPS) is 22.4. The number of allylic oxidation sites excluding steroid dienone is 2. The summed E-state index contributed by atoms with van der Waals surface area (Å²) in [5.74, 6) is 0.941. The Balaban J connectivity index is 1.65. The lowest BCUT2D eigenvalue weighted by Crippen LogP contribution is -2.35. The van der Waals surface area contributed by atoms with Gasteiger partial charge in [-0.2, -0.15) is 0 Å². The van der Waals surface area contributed by atoms with Crippen LogP contribution in [-0.4, -0.2) is 60.6 Å². The van der Waals surface area contributed by atoms with Gasteiger partial charge in [-0.05, 0) is 83.1 Å². The minimum atomic E-state index is 0.198. The Morgan fingerprint density at radius 1 is 0.868 bits per heavy atom. The molecule has 4 heteroatoms. The lowest BCUT2D eigenvalue weighted by molar-refractivity contribution is 0.158. The minimum Gasteiger partial charge on any atom is -0.356 e. The first-order chi connectivity index (χ1) is 18.2. The fourth-order valence-electron chi connectivity index (χ4n) is 7.82. The summed E-state index contributed by atoms with van der Waals surface area (Å²) in [4.78, 5) is 8.65. The number of H-pyrrole nitrogens is 1. The first kappa shape index (κ1) is 25.5. The number of rotatable bonds is 7. The van der Waals surface area contributed by atoms with Crippen LogP contribution in [0, 0.1) is 11.3 Å². The average molecular weight is 509 g/mol. The molecule has 2 aromatic heterocycles. The van der Waals surface area contributed by atoms with Crippen molar-refractivity contribution in [3.63, 3.8) is 0 Å². The molecule has 1 aliphatic heterocycles. The monoisotopic (exact) mass is 508 g/mol. The zero-order valence-electron chi connectivity index (χ0n) is 24.3. The Morgan fingerprint density at radius 2 is 1.50 bits per heavy atom. The summed E-state index contributed by atoms with van der Waals surface area (Å²) < 4.78 is 2.77. The third-order valence-electron chi connectivity index (χ3n) is 9.24. The maximum absolute atomic E-state index is 4.01. The highest BCUT2D eigenvalue weighted by atomic mass is 15.1. The number of benzene rings is 2. The van der Waals surface area contributed by atoms with E-state index in [4.69, 9.17) is 0 Å². The number of aromatic nitrogens is 2. The van der Waals surface area contributed by atoms with Gasteiger partial charge < -0.3 is 19.4 Å². The van der Waals surface area contributed by atoms with Crippen LogP contribution in [0.4, 0.5) is 0 Å². The van der Waals surface area contributed by atoms with Crippen LogP contribution in [-0.2, 0) is 12.8 Å². The summed E-state index contributed by atoms with van der Waals surface area (Å²) in [7, 11) is 8.76. The molecule has 0 unspecified atom stereocenters. The molecule has 2 aliphatic rings. The molecule has 0 radical (unpaired) electrons. The molecule has 0 saturated carbocycles. The highest BCUT2D eigenvalue weighted by molar-refractivity contribution is 5.88. The Hall–Kier alpha value is -2.82. The number of aromatic amines is 1. The quantitative estimate of drug-likeness (QED) is 0.272. The lowest BCUT2D eigenvalue weighted by Gasteiger charge is -2.42. The zero-order chi connectivity index (χ0) is 26.8. The van der Waals surface area contributed by atoms with Crippen molar-refractivity contribution < 1.29 is 0 Å². The van der Waals surface area contributed by atoms with Crippen LogP contribution in [0.15, 0.2) is 60.2 Å². The molecule has 1 aliphatic carbocycles. The van der Waals surface area contributed by atoms with Gasteiger partial charge in [-0.15, -0.1) is 0 Å². The zero-order valence-corrected chi connectivity index (χ0v) is 24.3. The van der Waals surface area contributed by atoms with Crippen LogP contribution in [0.5, 0.6) is 0 Å². The molecule has 4 nitrogen and oxygen atoms in total. The van der Waals surface area contributed by atoms with E-state index in [2.05, 4.69) is 123 Å². The van der Waals surface area contributed by atoms with E-state index in [-0.39, 0.29) is 11.5 Å². The summed E-state index contributed by atoms with van der Waals surface area (Å²) in [5, 5.41) is 2.83. The van der Waals surface area contributed by atoms with Crippen LogP contribution < -0.4 is 0 Å². The van der Waals surface area contributed by atoms with Gasteiger partial charge in [0, 0.05) is 58.1 Å². The van der Waals surface area contributed by atoms with Crippen molar-refractivity contribution in [1.29, 1.82) is 0 Å². The number of fused-ring (bicyclic) bond motifs is 6. The van der Waals surface area contributed by atoms with Crippen LogP contribution >= 0.6 is 0 Å². The molecule has 0 saturated heterocycles. The van der Waals surface area contributed by atoms with Gasteiger partial charge in [0.25, 0.3) is 0 Å². The molecule has 6 rings (SSSR count). The predicted molar refractivity (Wildman–Crippen MR) is 161 cm³/mol. The van der Waals surface area contributed by atoms with E-state index in [1.54, 1.807) is 11.3 Å².